The van der Waals surface area contributed by atoms with Gasteiger partial charge in [-0.2, -0.15) is 0 Å². The van der Waals surface area contributed by atoms with Gasteiger partial charge in [-0.05, 0) is 38.8 Å². The molecule has 2 saturated heterocycles. The molecule has 80 valence electrons. The lowest BCUT2D eigenvalue weighted by atomic mass is 9.76. The Hall–Kier alpha value is -0.570. The third-order valence-electron chi connectivity index (χ3n) is 3.65. The Morgan fingerprint density at radius 1 is 1.43 bits per heavy atom. The van der Waals surface area contributed by atoms with Gasteiger partial charge in [0.1, 0.15) is 0 Å². The maximum Gasteiger partial charge on any atom is 0.226 e. The van der Waals surface area contributed by atoms with Crippen LogP contribution in [-0.4, -0.2) is 25.0 Å². The summed E-state index contributed by atoms with van der Waals surface area (Å²) in [7, 11) is 0. The molecule has 2 heterocycles. The van der Waals surface area contributed by atoms with Crippen molar-refractivity contribution in [2.24, 2.45) is 5.41 Å². The Morgan fingerprint density at radius 2 is 2.14 bits per heavy atom. The van der Waals surface area contributed by atoms with E-state index < -0.39 is 0 Å². The van der Waals surface area contributed by atoms with Gasteiger partial charge < -0.3 is 10.6 Å². The summed E-state index contributed by atoms with van der Waals surface area (Å²) in [5.41, 5.74) is -0.00884. The first-order valence-corrected chi connectivity index (χ1v) is 5.78. The van der Waals surface area contributed by atoms with Crippen LogP contribution in [0.3, 0.4) is 0 Å². The smallest absolute Gasteiger partial charge is 0.226 e. The number of carbonyl (C=O) groups excluding carboxylic acids is 1. The second-order valence-corrected chi connectivity index (χ2v) is 4.69. The largest absolute Gasteiger partial charge is 0.353 e. The maximum atomic E-state index is 11.9. The lowest BCUT2D eigenvalue weighted by Gasteiger charge is -2.30. The summed E-state index contributed by atoms with van der Waals surface area (Å²) in [5.74, 6) is 0.317. The van der Waals surface area contributed by atoms with Crippen LogP contribution < -0.4 is 10.6 Å². The van der Waals surface area contributed by atoms with Gasteiger partial charge in [-0.25, -0.2) is 0 Å². The zero-order chi connectivity index (χ0) is 10.0. The predicted octanol–water partition coefficient (Wildman–Crippen LogP) is 1.04. The van der Waals surface area contributed by atoms with Gasteiger partial charge in [0.15, 0.2) is 0 Å². The lowest BCUT2D eigenvalue weighted by Crippen LogP contribution is -2.41. The highest BCUT2D eigenvalue weighted by atomic mass is 16.2. The van der Waals surface area contributed by atoms with E-state index in [-0.39, 0.29) is 5.41 Å². The van der Waals surface area contributed by atoms with E-state index in [1.807, 2.05) is 0 Å². The minimum absolute atomic E-state index is 0.00884. The van der Waals surface area contributed by atoms with E-state index in [0.717, 1.165) is 38.8 Å². The van der Waals surface area contributed by atoms with E-state index in [1.165, 1.54) is 6.42 Å². The van der Waals surface area contributed by atoms with E-state index >= 15 is 0 Å². The number of rotatable bonds is 2. The summed E-state index contributed by atoms with van der Waals surface area (Å²) in [4.78, 5) is 11.9. The van der Waals surface area contributed by atoms with Gasteiger partial charge >= 0.3 is 0 Å². The highest BCUT2D eigenvalue weighted by Crippen LogP contribution is 2.39. The fourth-order valence-electron chi connectivity index (χ4n) is 2.81. The predicted molar refractivity (Wildman–Crippen MR) is 56.0 cm³/mol. The number of piperidine rings is 1. The Balaban J connectivity index is 2.01. The van der Waals surface area contributed by atoms with E-state index in [9.17, 15) is 4.79 Å². The summed E-state index contributed by atoms with van der Waals surface area (Å²) in [5, 5.41) is 6.47. The Labute approximate surface area is 85.6 Å². The van der Waals surface area contributed by atoms with Crippen molar-refractivity contribution in [2.75, 3.05) is 13.1 Å². The molecule has 0 radical (unpaired) electrons. The SMILES string of the molecule is CCCC1CC2(CCNCC2)C(=O)N1. The van der Waals surface area contributed by atoms with Crippen molar-refractivity contribution >= 4 is 5.91 Å². The molecule has 2 aliphatic rings. The molecule has 2 fully saturated rings. The monoisotopic (exact) mass is 196 g/mol. The molecule has 0 aromatic heterocycles. The van der Waals surface area contributed by atoms with Crippen molar-refractivity contribution in [3.8, 4) is 0 Å². The molecular formula is C11H20N2O. The van der Waals surface area contributed by atoms with Crippen molar-refractivity contribution < 1.29 is 4.79 Å². The molecular weight excluding hydrogens is 176 g/mol. The molecule has 0 aromatic carbocycles. The summed E-state index contributed by atoms with van der Waals surface area (Å²) in [6.07, 6.45) is 5.43. The van der Waals surface area contributed by atoms with Crippen LogP contribution in [0.15, 0.2) is 0 Å². The van der Waals surface area contributed by atoms with Gasteiger partial charge in [-0.15, -0.1) is 0 Å². The van der Waals surface area contributed by atoms with E-state index in [4.69, 9.17) is 0 Å². The molecule has 2 rings (SSSR count). The van der Waals surface area contributed by atoms with Crippen LogP contribution >= 0.6 is 0 Å². The van der Waals surface area contributed by atoms with Crippen LogP contribution in [0, 0.1) is 5.41 Å². The summed E-state index contributed by atoms with van der Waals surface area (Å²) >= 11 is 0. The summed E-state index contributed by atoms with van der Waals surface area (Å²) in [6.45, 7) is 4.19. The van der Waals surface area contributed by atoms with Gasteiger partial charge in [0.05, 0.1) is 5.41 Å². The van der Waals surface area contributed by atoms with Crippen molar-refractivity contribution in [3.63, 3.8) is 0 Å². The second-order valence-electron chi connectivity index (χ2n) is 4.69. The fraction of sp³-hybridized carbons (Fsp3) is 0.909. The van der Waals surface area contributed by atoms with Crippen LogP contribution in [0.25, 0.3) is 0 Å². The molecule has 1 amide bonds. The number of hydrogen-bond acceptors (Lipinski definition) is 2. The van der Waals surface area contributed by atoms with Gasteiger partial charge in [0, 0.05) is 6.04 Å². The van der Waals surface area contributed by atoms with Crippen LogP contribution in [0.1, 0.15) is 39.0 Å². The van der Waals surface area contributed by atoms with Crippen molar-refractivity contribution in [1.82, 2.24) is 10.6 Å². The van der Waals surface area contributed by atoms with Crippen molar-refractivity contribution in [2.45, 2.75) is 45.1 Å². The maximum absolute atomic E-state index is 11.9. The molecule has 1 spiro atoms. The summed E-state index contributed by atoms with van der Waals surface area (Å²) < 4.78 is 0. The van der Waals surface area contributed by atoms with E-state index in [1.54, 1.807) is 0 Å². The molecule has 0 saturated carbocycles. The molecule has 0 aliphatic carbocycles. The van der Waals surface area contributed by atoms with Crippen LogP contribution in [0.5, 0.6) is 0 Å². The second kappa shape index (κ2) is 3.89. The molecule has 14 heavy (non-hydrogen) atoms. The van der Waals surface area contributed by atoms with E-state index in [2.05, 4.69) is 17.6 Å². The average molecular weight is 196 g/mol. The van der Waals surface area contributed by atoms with Gasteiger partial charge in [-0.3, -0.25) is 4.79 Å². The molecule has 1 atom stereocenters. The number of amides is 1. The third kappa shape index (κ3) is 1.65. The first-order chi connectivity index (χ1) is 6.77. The third-order valence-corrected chi connectivity index (χ3v) is 3.65. The average Bonchev–Trinajstić information content (AvgIpc) is 2.45. The molecule has 3 nitrogen and oxygen atoms in total. The Morgan fingerprint density at radius 3 is 2.79 bits per heavy atom. The fourth-order valence-corrected chi connectivity index (χ4v) is 2.81. The van der Waals surface area contributed by atoms with Crippen LogP contribution in [-0.2, 0) is 4.79 Å². The molecule has 1 unspecified atom stereocenters. The minimum atomic E-state index is -0.00884. The van der Waals surface area contributed by atoms with Gasteiger partial charge in [0.25, 0.3) is 0 Å². The zero-order valence-corrected chi connectivity index (χ0v) is 8.94. The summed E-state index contributed by atoms with van der Waals surface area (Å²) in [6, 6.07) is 0.450. The van der Waals surface area contributed by atoms with Crippen molar-refractivity contribution in [1.29, 1.82) is 0 Å². The molecule has 3 heteroatoms. The molecule has 2 aliphatic heterocycles. The van der Waals surface area contributed by atoms with E-state index in [0.29, 0.717) is 11.9 Å². The molecule has 2 N–H and O–H groups in total. The zero-order valence-electron chi connectivity index (χ0n) is 8.94. The number of hydrogen-bond donors (Lipinski definition) is 2. The number of carbonyl (C=O) groups is 1. The Kier molecular flexibility index (Phi) is 2.77. The normalized spacial score (nSPS) is 30.6. The first-order valence-electron chi connectivity index (χ1n) is 5.78. The lowest BCUT2D eigenvalue weighted by molar-refractivity contribution is -0.128. The highest BCUT2D eigenvalue weighted by Gasteiger charge is 2.46. The Bertz CT molecular complexity index is 221. The number of nitrogens with one attached hydrogen (secondary N) is 2. The molecule has 0 aromatic rings. The highest BCUT2D eigenvalue weighted by molar-refractivity contribution is 5.85. The van der Waals surface area contributed by atoms with Crippen LogP contribution in [0.4, 0.5) is 0 Å². The topological polar surface area (TPSA) is 41.1 Å². The standard InChI is InChI=1S/C11H20N2O/c1-2-3-9-8-11(10(14)13-9)4-6-12-7-5-11/h9,12H,2-8H2,1H3,(H,13,14). The quantitative estimate of drug-likeness (QED) is 0.693. The van der Waals surface area contributed by atoms with Gasteiger partial charge in [-0.1, -0.05) is 13.3 Å². The van der Waals surface area contributed by atoms with Crippen molar-refractivity contribution in [3.05, 3.63) is 0 Å². The first kappa shape index (κ1) is 9.97. The van der Waals surface area contributed by atoms with Crippen LogP contribution in [0.2, 0.25) is 0 Å². The van der Waals surface area contributed by atoms with Gasteiger partial charge in [0.2, 0.25) is 5.91 Å². The minimum Gasteiger partial charge on any atom is -0.353 e. The molecule has 0 bridgehead atoms.